The molecule has 0 atom stereocenters. The zero-order valence-corrected chi connectivity index (χ0v) is 30.9. The van der Waals surface area contributed by atoms with Gasteiger partial charge in [0.2, 0.25) is 0 Å². The molecule has 4 aliphatic rings. The van der Waals surface area contributed by atoms with Gasteiger partial charge >= 0.3 is 254 Å². The Morgan fingerprint density at radius 1 is 0.690 bits per heavy atom. The number of allylic oxidation sites excluding steroid dienone is 4. The minimum atomic E-state index is -2.26. The normalized spacial score (nSPS) is 18.6. The second kappa shape index (κ2) is 13.7. The Morgan fingerprint density at radius 2 is 1.14 bits per heavy atom. The molecule has 0 nitrogen and oxygen atoms in total. The van der Waals surface area contributed by atoms with E-state index >= 15 is 0 Å². The number of fused-ring (bicyclic) bond motifs is 3. The standard InChI is InChI=1S/C21H25.C13H22.C5H5.2ClH.Zr/c1-20(2,3)16-9-7-14-11-15-8-10-17(21(4,5)6)13-19(15)18(14)12-16;1-2-7-12(6-1)10-5-11-13-8-3-4-9-13;1-2-4-5-3-1;;;/h7-13H,1-6H3;12-13H,1-4,6-11H2;1-3H,4H2;2*1H;/q;;;;;+2/p-2. The predicted octanol–water partition coefficient (Wildman–Crippen LogP) is 5.15. The molecule has 2 aromatic rings. The average molecular weight is 683 g/mol. The van der Waals surface area contributed by atoms with E-state index in [1.165, 1.54) is 81.8 Å². The van der Waals surface area contributed by atoms with Gasteiger partial charge in [0.25, 0.3) is 0 Å². The summed E-state index contributed by atoms with van der Waals surface area (Å²) >= 11 is -2.26. The van der Waals surface area contributed by atoms with Crippen molar-refractivity contribution in [2.24, 2.45) is 11.8 Å². The Labute approximate surface area is 277 Å². The molecule has 0 amide bonds. The second-order valence-electron chi connectivity index (χ2n) is 15.6. The van der Waals surface area contributed by atoms with Crippen molar-refractivity contribution >= 4 is 3.21 Å². The van der Waals surface area contributed by atoms with Crippen molar-refractivity contribution in [3.05, 3.63) is 80.2 Å². The van der Waals surface area contributed by atoms with Gasteiger partial charge in [-0.1, -0.05) is 0 Å². The largest absolute Gasteiger partial charge is 1.00 e. The van der Waals surface area contributed by atoms with Gasteiger partial charge in [0.05, 0.1) is 0 Å². The van der Waals surface area contributed by atoms with Crippen molar-refractivity contribution in [3.63, 3.8) is 0 Å². The summed E-state index contributed by atoms with van der Waals surface area (Å²) in [7, 11) is 0. The van der Waals surface area contributed by atoms with Gasteiger partial charge in [0, 0.05) is 0 Å². The van der Waals surface area contributed by atoms with Crippen LogP contribution in [0.5, 0.6) is 0 Å². The number of benzene rings is 2. The van der Waals surface area contributed by atoms with Gasteiger partial charge in [-0.25, -0.2) is 0 Å². The Bertz CT molecular complexity index is 1270. The van der Waals surface area contributed by atoms with Gasteiger partial charge in [-0.2, -0.15) is 0 Å². The van der Waals surface area contributed by atoms with E-state index in [0.29, 0.717) is 3.63 Å². The molecule has 0 heterocycles. The molecule has 0 spiro atoms. The predicted molar refractivity (Wildman–Crippen MR) is 171 cm³/mol. The van der Waals surface area contributed by atoms with E-state index in [2.05, 4.69) is 99.4 Å². The number of hydrogen-bond acceptors (Lipinski definition) is 0. The summed E-state index contributed by atoms with van der Waals surface area (Å²) in [4.78, 5) is 0. The van der Waals surface area contributed by atoms with Crippen LogP contribution < -0.4 is 24.8 Å². The minimum absolute atomic E-state index is 0. The molecule has 3 heteroatoms. The first-order chi connectivity index (χ1) is 19.1. The second-order valence-corrected chi connectivity index (χ2v) is 22.4. The number of halogens is 2. The molecule has 42 heavy (non-hydrogen) atoms. The first kappa shape index (κ1) is 34.1. The minimum Gasteiger partial charge on any atom is -1.00 e. The van der Waals surface area contributed by atoms with Crippen LogP contribution in [0.25, 0.3) is 11.1 Å². The van der Waals surface area contributed by atoms with Crippen molar-refractivity contribution in [1.82, 2.24) is 0 Å². The third-order valence-electron chi connectivity index (χ3n) is 10.6. The molecule has 0 saturated heterocycles. The van der Waals surface area contributed by atoms with E-state index < -0.39 is 21.3 Å². The van der Waals surface area contributed by atoms with Crippen LogP contribution in [0.2, 0.25) is 0 Å². The fourth-order valence-electron chi connectivity index (χ4n) is 8.19. The molecule has 4 aliphatic carbocycles. The van der Waals surface area contributed by atoms with Crippen LogP contribution in [0.3, 0.4) is 0 Å². The van der Waals surface area contributed by atoms with E-state index in [1.54, 1.807) is 22.3 Å². The summed E-state index contributed by atoms with van der Waals surface area (Å²) in [5.74, 6) is 1.91. The van der Waals surface area contributed by atoms with E-state index in [4.69, 9.17) is 0 Å². The maximum atomic E-state index is 2.59. The fraction of sp³-hybridized carbons (Fsp3) is 0.564. The fourth-order valence-corrected chi connectivity index (χ4v) is 18.0. The van der Waals surface area contributed by atoms with Gasteiger partial charge < -0.3 is 24.8 Å². The molecular formula is C39H52Cl2Zr. The molecule has 0 aliphatic heterocycles. The third kappa shape index (κ3) is 7.05. The van der Waals surface area contributed by atoms with Gasteiger partial charge in [0.15, 0.2) is 0 Å². The summed E-state index contributed by atoms with van der Waals surface area (Å²) in [5.41, 5.74) is 9.75. The first-order valence-electron chi connectivity index (χ1n) is 16.5. The Kier molecular flexibility index (Phi) is 11.1. The Morgan fingerprint density at radius 3 is 1.52 bits per heavy atom. The Balaban J connectivity index is 0.00000202. The van der Waals surface area contributed by atoms with Gasteiger partial charge in [-0.3, -0.25) is 0 Å². The Hall–Kier alpha value is -0.747. The van der Waals surface area contributed by atoms with Crippen LogP contribution in [0.1, 0.15) is 138 Å². The molecule has 2 saturated carbocycles. The molecule has 0 unspecified atom stereocenters. The first-order valence-corrected chi connectivity index (χ1v) is 20.3. The molecule has 0 aromatic heterocycles. The zero-order chi connectivity index (χ0) is 28.1. The average Bonchev–Trinajstić information content (AvgIpc) is 3.72. The van der Waals surface area contributed by atoms with E-state index in [9.17, 15) is 0 Å². The smallest absolute Gasteiger partial charge is 1.00 e. The third-order valence-corrected chi connectivity index (χ3v) is 19.0. The van der Waals surface area contributed by atoms with Crippen LogP contribution in [-0.2, 0) is 32.1 Å². The number of rotatable bonds is 6. The molecule has 226 valence electrons. The van der Waals surface area contributed by atoms with Crippen LogP contribution in [0.15, 0.2) is 57.9 Å². The number of hydrogen-bond donors (Lipinski definition) is 0. The molecule has 2 fully saturated rings. The van der Waals surface area contributed by atoms with Gasteiger partial charge in [-0.15, -0.1) is 0 Å². The van der Waals surface area contributed by atoms with Crippen molar-refractivity contribution in [1.29, 1.82) is 0 Å². The van der Waals surface area contributed by atoms with Crippen LogP contribution >= 0.6 is 0 Å². The topological polar surface area (TPSA) is 0 Å². The summed E-state index contributed by atoms with van der Waals surface area (Å²) in [6.07, 6.45) is 23.3. The SMILES string of the molecule is CC(C)(C)c1ccc2c(c1)-c1cc(C(C)(C)C)ccc1[CH]2[Zr+2]([C]1=CC=CC1)=[C](CC1CCCC1)CC1CCCC1.[Cl-].[Cl-]. The molecule has 0 radical (unpaired) electrons. The summed E-state index contributed by atoms with van der Waals surface area (Å²) in [6.45, 7) is 14.2. The summed E-state index contributed by atoms with van der Waals surface area (Å²) < 4.78 is 4.61. The maximum absolute atomic E-state index is 2.59. The van der Waals surface area contributed by atoms with E-state index in [0.717, 1.165) is 11.8 Å². The van der Waals surface area contributed by atoms with Gasteiger partial charge in [0.1, 0.15) is 0 Å². The van der Waals surface area contributed by atoms with Crippen molar-refractivity contribution in [2.45, 2.75) is 127 Å². The van der Waals surface area contributed by atoms with Crippen molar-refractivity contribution < 1.29 is 46.1 Å². The van der Waals surface area contributed by atoms with E-state index in [-0.39, 0.29) is 35.6 Å². The molecular weight excluding hydrogens is 631 g/mol. The molecule has 0 N–H and O–H groups in total. The summed E-state index contributed by atoms with van der Waals surface area (Å²) in [6, 6.07) is 15.3. The van der Waals surface area contributed by atoms with Crippen LogP contribution in [-0.4, -0.2) is 3.21 Å². The van der Waals surface area contributed by atoms with Crippen molar-refractivity contribution in [2.75, 3.05) is 0 Å². The maximum Gasteiger partial charge on any atom is -1.00 e. The van der Waals surface area contributed by atoms with Crippen molar-refractivity contribution in [3.8, 4) is 11.1 Å². The quantitative estimate of drug-likeness (QED) is 0.396. The van der Waals surface area contributed by atoms with Gasteiger partial charge in [-0.05, 0) is 0 Å². The molecule has 0 bridgehead atoms. The molecule has 2 aromatic carbocycles. The van der Waals surface area contributed by atoms with Crippen LogP contribution in [0, 0.1) is 11.8 Å². The van der Waals surface area contributed by atoms with Crippen LogP contribution in [0.4, 0.5) is 0 Å². The summed E-state index contributed by atoms with van der Waals surface area (Å²) in [5, 5.41) is 0. The monoisotopic (exact) mass is 680 g/mol. The molecule has 6 rings (SSSR count). The zero-order valence-electron chi connectivity index (χ0n) is 27.0. The van der Waals surface area contributed by atoms with E-state index in [1.807, 2.05) is 3.28 Å².